The normalized spacial score (nSPS) is 10.5. The van der Waals surface area contributed by atoms with Crippen molar-refractivity contribution in [2.24, 2.45) is 0 Å². The standard InChI is InChI=1S/C16H19N3O4S/c1-4-13-15(21)17-16(19(18-13)9-14(20)23-3)24-10-11-5-7-12(22-2)8-6-11/h5-8H,4,9-10H2,1-3H3. The summed E-state index contributed by atoms with van der Waals surface area (Å²) in [6, 6.07) is 7.59. The zero-order valence-corrected chi connectivity index (χ0v) is 14.6. The Balaban J connectivity index is 2.21. The Labute approximate surface area is 144 Å². The molecule has 0 aliphatic rings. The minimum absolute atomic E-state index is 0.0816. The minimum Gasteiger partial charge on any atom is -0.497 e. The van der Waals surface area contributed by atoms with Gasteiger partial charge in [-0.15, -0.1) is 0 Å². The molecule has 2 aromatic rings. The lowest BCUT2D eigenvalue weighted by atomic mass is 10.2. The molecule has 0 saturated carbocycles. The Morgan fingerprint density at radius 2 is 1.96 bits per heavy atom. The summed E-state index contributed by atoms with van der Waals surface area (Å²) in [6.45, 7) is 1.74. The molecule has 2 rings (SSSR count). The Morgan fingerprint density at radius 3 is 2.54 bits per heavy atom. The first-order valence-electron chi connectivity index (χ1n) is 7.38. The van der Waals surface area contributed by atoms with Gasteiger partial charge >= 0.3 is 5.97 Å². The molecule has 1 aromatic heterocycles. The number of carbonyl (C=O) groups excluding carboxylic acids is 1. The molecule has 0 aliphatic carbocycles. The van der Waals surface area contributed by atoms with Crippen LogP contribution in [0.15, 0.2) is 34.2 Å². The average molecular weight is 349 g/mol. The first-order chi connectivity index (χ1) is 11.6. The van der Waals surface area contributed by atoms with E-state index in [9.17, 15) is 9.59 Å². The highest BCUT2D eigenvalue weighted by Crippen LogP contribution is 2.21. The van der Waals surface area contributed by atoms with Gasteiger partial charge in [0.2, 0.25) is 0 Å². The lowest BCUT2D eigenvalue weighted by Gasteiger charge is -2.11. The molecule has 0 aliphatic heterocycles. The number of aromatic nitrogens is 3. The van der Waals surface area contributed by atoms with Gasteiger partial charge < -0.3 is 9.47 Å². The van der Waals surface area contributed by atoms with Crippen LogP contribution in [0.2, 0.25) is 0 Å². The summed E-state index contributed by atoms with van der Waals surface area (Å²) in [5.41, 5.74) is 1.00. The van der Waals surface area contributed by atoms with Crippen LogP contribution in [0.4, 0.5) is 0 Å². The first-order valence-corrected chi connectivity index (χ1v) is 8.36. The molecule has 0 bridgehead atoms. The summed E-state index contributed by atoms with van der Waals surface area (Å²) in [5, 5.41) is 4.61. The summed E-state index contributed by atoms with van der Waals surface area (Å²) < 4.78 is 11.2. The number of nitrogens with zero attached hydrogens (tertiary/aromatic N) is 3. The van der Waals surface area contributed by atoms with E-state index in [4.69, 9.17) is 4.74 Å². The second kappa shape index (κ2) is 8.49. The molecule has 0 amide bonds. The minimum atomic E-state index is -0.443. The fourth-order valence-corrected chi connectivity index (χ4v) is 2.82. The number of thioether (sulfide) groups is 1. The van der Waals surface area contributed by atoms with Crippen molar-refractivity contribution in [2.75, 3.05) is 14.2 Å². The van der Waals surface area contributed by atoms with E-state index in [-0.39, 0.29) is 12.1 Å². The van der Waals surface area contributed by atoms with Crippen LogP contribution < -0.4 is 10.3 Å². The van der Waals surface area contributed by atoms with Gasteiger partial charge in [-0.1, -0.05) is 30.8 Å². The third-order valence-corrected chi connectivity index (χ3v) is 4.31. The predicted octanol–water partition coefficient (Wildman–Crippen LogP) is 1.67. The second-order valence-electron chi connectivity index (χ2n) is 4.87. The monoisotopic (exact) mass is 349 g/mol. The molecular formula is C16H19N3O4S. The Hall–Kier alpha value is -2.35. The van der Waals surface area contributed by atoms with Gasteiger partial charge in [0.15, 0.2) is 5.16 Å². The highest BCUT2D eigenvalue weighted by molar-refractivity contribution is 7.98. The molecule has 0 fully saturated rings. The number of methoxy groups -OCH3 is 2. The van der Waals surface area contributed by atoms with E-state index in [1.165, 1.54) is 23.6 Å². The molecular weight excluding hydrogens is 330 g/mol. The van der Waals surface area contributed by atoms with Gasteiger partial charge in [0.1, 0.15) is 18.0 Å². The summed E-state index contributed by atoms with van der Waals surface area (Å²) in [7, 11) is 2.92. The van der Waals surface area contributed by atoms with Crippen LogP contribution >= 0.6 is 11.8 Å². The maximum Gasteiger partial charge on any atom is 0.327 e. The molecule has 7 nitrogen and oxygen atoms in total. The third kappa shape index (κ3) is 4.58. The van der Waals surface area contributed by atoms with Crippen molar-refractivity contribution in [3.8, 4) is 5.75 Å². The van der Waals surface area contributed by atoms with Crippen LogP contribution in [0.5, 0.6) is 5.75 Å². The topological polar surface area (TPSA) is 83.3 Å². The van der Waals surface area contributed by atoms with E-state index >= 15 is 0 Å². The fraction of sp³-hybridized carbons (Fsp3) is 0.375. The molecule has 0 N–H and O–H groups in total. The van der Waals surface area contributed by atoms with Crippen LogP contribution in [0, 0.1) is 0 Å². The van der Waals surface area contributed by atoms with Gasteiger partial charge in [0.05, 0.1) is 14.2 Å². The summed E-state index contributed by atoms with van der Waals surface area (Å²) in [4.78, 5) is 27.5. The molecule has 24 heavy (non-hydrogen) atoms. The SMILES string of the molecule is CCc1nn(CC(=O)OC)c(SCc2ccc(OC)cc2)nc1=O. The summed E-state index contributed by atoms with van der Waals surface area (Å²) in [6.07, 6.45) is 0.455. The number of hydrogen-bond acceptors (Lipinski definition) is 7. The zero-order chi connectivity index (χ0) is 17.5. The van der Waals surface area contributed by atoms with Crippen molar-refractivity contribution in [1.82, 2.24) is 14.8 Å². The molecule has 0 atom stereocenters. The van der Waals surface area contributed by atoms with E-state index in [1.54, 1.807) is 7.11 Å². The van der Waals surface area contributed by atoms with Crippen molar-refractivity contribution in [3.05, 3.63) is 45.9 Å². The quantitative estimate of drug-likeness (QED) is 0.555. The number of benzene rings is 1. The maximum atomic E-state index is 11.9. The Bertz CT molecular complexity index is 759. The van der Waals surface area contributed by atoms with Gasteiger partial charge in [0, 0.05) is 5.75 Å². The molecule has 0 radical (unpaired) electrons. The van der Waals surface area contributed by atoms with Crippen LogP contribution in [0.25, 0.3) is 0 Å². The van der Waals surface area contributed by atoms with Gasteiger partial charge in [-0.05, 0) is 24.1 Å². The Morgan fingerprint density at radius 1 is 1.25 bits per heavy atom. The van der Waals surface area contributed by atoms with Gasteiger partial charge in [-0.25, -0.2) is 4.68 Å². The molecule has 8 heteroatoms. The van der Waals surface area contributed by atoms with Crippen LogP contribution in [0.1, 0.15) is 18.2 Å². The highest BCUT2D eigenvalue weighted by Gasteiger charge is 2.13. The number of hydrogen-bond donors (Lipinski definition) is 0. The van der Waals surface area contributed by atoms with E-state index in [0.717, 1.165) is 11.3 Å². The van der Waals surface area contributed by atoms with Gasteiger partial charge in [-0.3, -0.25) is 9.59 Å². The average Bonchev–Trinajstić information content (AvgIpc) is 2.61. The van der Waals surface area contributed by atoms with E-state index in [2.05, 4.69) is 14.8 Å². The molecule has 1 aromatic carbocycles. The number of aryl methyl sites for hydroxylation is 1. The van der Waals surface area contributed by atoms with Crippen molar-refractivity contribution in [2.45, 2.75) is 30.8 Å². The number of ether oxygens (including phenoxy) is 2. The maximum absolute atomic E-state index is 11.9. The van der Waals surface area contributed by atoms with Crippen molar-refractivity contribution < 1.29 is 14.3 Å². The fourth-order valence-electron chi connectivity index (χ4n) is 1.93. The molecule has 0 saturated heterocycles. The van der Waals surface area contributed by atoms with Gasteiger partial charge in [0.25, 0.3) is 5.56 Å². The van der Waals surface area contributed by atoms with Crippen LogP contribution in [0.3, 0.4) is 0 Å². The highest BCUT2D eigenvalue weighted by atomic mass is 32.2. The number of esters is 1. The smallest absolute Gasteiger partial charge is 0.327 e. The molecule has 1 heterocycles. The van der Waals surface area contributed by atoms with Crippen LogP contribution in [-0.4, -0.2) is 35.0 Å². The molecule has 128 valence electrons. The van der Waals surface area contributed by atoms with E-state index < -0.39 is 5.97 Å². The first kappa shape index (κ1) is 18.0. The van der Waals surface area contributed by atoms with Crippen molar-refractivity contribution in [1.29, 1.82) is 0 Å². The van der Waals surface area contributed by atoms with Crippen molar-refractivity contribution >= 4 is 17.7 Å². The lowest BCUT2D eigenvalue weighted by Crippen LogP contribution is -2.25. The van der Waals surface area contributed by atoms with Crippen LogP contribution in [-0.2, 0) is 28.2 Å². The number of carbonyl (C=O) groups is 1. The summed E-state index contributed by atoms with van der Waals surface area (Å²) in [5.74, 6) is 0.921. The van der Waals surface area contributed by atoms with E-state index in [1.807, 2.05) is 31.2 Å². The summed E-state index contributed by atoms with van der Waals surface area (Å²) >= 11 is 1.34. The van der Waals surface area contributed by atoms with E-state index in [0.29, 0.717) is 23.0 Å². The van der Waals surface area contributed by atoms with Crippen molar-refractivity contribution in [3.63, 3.8) is 0 Å². The zero-order valence-electron chi connectivity index (χ0n) is 13.8. The number of rotatable bonds is 7. The Kier molecular flexibility index (Phi) is 6.36. The third-order valence-electron chi connectivity index (χ3n) is 3.27. The molecule has 0 unspecified atom stereocenters. The predicted molar refractivity (Wildman–Crippen MR) is 90.2 cm³/mol. The lowest BCUT2D eigenvalue weighted by molar-refractivity contribution is -0.141. The second-order valence-corrected chi connectivity index (χ2v) is 5.81. The largest absolute Gasteiger partial charge is 0.497 e. The molecule has 0 spiro atoms. The van der Waals surface area contributed by atoms with Gasteiger partial charge in [-0.2, -0.15) is 10.1 Å².